The molecule has 0 radical (unpaired) electrons. The van der Waals surface area contributed by atoms with Crippen molar-refractivity contribution < 1.29 is 8.42 Å². The first-order valence-corrected chi connectivity index (χ1v) is 11.3. The third-order valence-corrected chi connectivity index (χ3v) is 6.21. The van der Waals surface area contributed by atoms with Crippen LogP contribution in [0.25, 0.3) is 0 Å². The summed E-state index contributed by atoms with van der Waals surface area (Å²) in [6, 6.07) is 38.0. The molecule has 0 N–H and O–H groups in total. The molecule has 3 nitrogen and oxygen atoms in total. The molecule has 0 aliphatic heterocycles. The zero-order chi connectivity index (χ0) is 20.3. The summed E-state index contributed by atoms with van der Waals surface area (Å²) in [7, 11) is -3.27. The topological polar surface area (TPSA) is 34.1 Å². The fourth-order valence-corrected chi connectivity index (χ4v) is 4.40. The summed E-state index contributed by atoms with van der Waals surface area (Å²) >= 11 is 0. The molecule has 0 heterocycles. The molecule has 0 bridgehead atoms. The first kappa shape index (κ1) is 19.1. The van der Waals surface area contributed by atoms with Crippen molar-refractivity contribution in [2.75, 3.05) is 6.26 Å². The molecular formula is C25H22NO2S+. The minimum absolute atomic E-state index is 0.313. The zero-order valence-electron chi connectivity index (χ0n) is 16.1. The lowest BCUT2D eigenvalue weighted by molar-refractivity contribution is 0.601. The van der Waals surface area contributed by atoms with Crippen LogP contribution in [0, 0.1) is 0 Å². The van der Waals surface area contributed by atoms with Gasteiger partial charge < -0.3 is 0 Å². The summed E-state index contributed by atoms with van der Waals surface area (Å²) in [5.41, 5.74) is 4.16. The summed E-state index contributed by atoms with van der Waals surface area (Å²) in [6.45, 7) is 0. The van der Waals surface area contributed by atoms with Crippen molar-refractivity contribution in [2.24, 2.45) is 0 Å². The molecule has 0 spiro atoms. The summed E-state index contributed by atoms with van der Waals surface area (Å²) < 4.78 is 24.4. The Bertz CT molecular complexity index is 1090. The van der Waals surface area contributed by atoms with Crippen LogP contribution in [0.5, 0.6) is 0 Å². The molecule has 0 saturated carbocycles. The van der Waals surface area contributed by atoms with Gasteiger partial charge in [0.1, 0.15) is 22.7 Å². The molecule has 0 aliphatic carbocycles. The van der Waals surface area contributed by atoms with Crippen LogP contribution in [0.1, 0.15) is 0 Å². The van der Waals surface area contributed by atoms with Gasteiger partial charge in [-0.15, -0.1) is 0 Å². The highest BCUT2D eigenvalue weighted by Gasteiger charge is 2.38. The molecule has 0 fully saturated rings. The molecule has 29 heavy (non-hydrogen) atoms. The summed E-state index contributed by atoms with van der Waals surface area (Å²) in [4.78, 5) is 0.313. The van der Waals surface area contributed by atoms with Crippen LogP contribution in [-0.2, 0) is 9.84 Å². The highest BCUT2D eigenvalue weighted by atomic mass is 32.2. The number of hydrogen-bond acceptors (Lipinski definition) is 2. The highest BCUT2D eigenvalue weighted by Crippen LogP contribution is 2.51. The van der Waals surface area contributed by atoms with Crippen molar-refractivity contribution in [3.05, 3.63) is 115 Å². The Kier molecular flexibility index (Phi) is 5.05. The minimum atomic E-state index is -3.27. The van der Waals surface area contributed by atoms with Crippen LogP contribution < -0.4 is 4.48 Å². The number of nitrogens with zero attached hydrogens (tertiary/aromatic N) is 1. The Morgan fingerprint density at radius 2 is 0.793 bits per heavy atom. The number of benzene rings is 4. The zero-order valence-corrected chi connectivity index (χ0v) is 17.0. The molecule has 4 aromatic rings. The predicted molar refractivity (Wildman–Crippen MR) is 120 cm³/mol. The number of para-hydroxylation sites is 3. The van der Waals surface area contributed by atoms with Gasteiger partial charge >= 0.3 is 0 Å². The average Bonchev–Trinajstić information content (AvgIpc) is 2.76. The third kappa shape index (κ3) is 3.48. The number of hydrogen-bond donors (Lipinski definition) is 0. The lowest BCUT2D eigenvalue weighted by Crippen LogP contribution is -2.33. The molecule has 0 amide bonds. The van der Waals surface area contributed by atoms with Crippen molar-refractivity contribution in [1.82, 2.24) is 4.48 Å². The van der Waals surface area contributed by atoms with E-state index in [-0.39, 0.29) is 0 Å². The molecular weight excluding hydrogens is 378 g/mol. The molecule has 0 aromatic heterocycles. The van der Waals surface area contributed by atoms with Crippen molar-refractivity contribution in [2.45, 2.75) is 4.90 Å². The second-order valence-electron chi connectivity index (χ2n) is 6.94. The van der Waals surface area contributed by atoms with Crippen molar-refractivity contribution >= 4 is 32.6 Å². The molecule has 4 aromatic carbocycles. The Labute approximate surface area is 172 Å². The van der Waals surface area contributed by atoms with E-state index in [0.29, 0.717) is 9.38 Å². The van der Waals surface area contributed by atoms with E-state index in [9.17, 15) is 8.42 Å². The molecule has 4 heteroatoms. The van der Waals surface area contributed by atoms with Crippen LogP contribution in [0.3, 0.4) is 0 Å². The Balaban J connectivity index is 2.08. The fourth-order valence-electron chi connectivity index (χ4n) is 3.77. The molecule has 0 atom stereocenters. The number of rotatable bonds is 5. The van der Waals surface area contributed by atoms with Crippen molar-refractivity contribution in [1.29, 1.82) is 0 Å². The van der Waals surface area contributed by atoms with Crippen LogP contribution in [-0.4, -0.2) is 14.7 Å². The summed E-state index contributed by atoms with van der Waals surface area (Å²) in [6.07, 6.45) is 1.23. The maximum Gasteiger partial charge on any atom is 0.175 e. The van der Waals surface area contributed by atoms with E-state index in [4.69, 9.17) is 0 Å². The van der Waals surface area contributed by atoms with Gasteiger partial charge in [0.2, 0.25) is 0 Å². The predicted octanol–water partition coefficient (Wildman–Crippen LogP) is 6.39. The van der Waals surface area contributed by atoms with Gasteiger partial charge in [-0.1, -0.05) is 54.6 Å². The van der Waals surface area contributed by atoms with Crippen molar-refractivity contribution in [3.63, 3.8) is 0 Å². The van der Waals surface area contributed by atoms with Gasteiger partial charge in [0.15, 0.2) is 9.84 Å². The SMILES string of the molecule is CS(=O)(=O)c1ccc([N+](c2ccccc2)(c2ccccc2)c2ccccc2)cc1. The molecule has 4 rings (SSSR count). The van der Waals surface area contributed by atoms with Gasteiger partial charge in [-0.3, -0.25) is 0 Å². The lowest BCUT2D eigenvalue weighted by atomic mass is 10.1. The summed E-state index contributed by atoms with van der Waals surface area (Å²) in [5, 5.41) is 0. The quantitative estimate of drug-likeness (QED) is 0.364. The monoisotopic (exact) mass is 400 g/mol. The van der Waals surface area contributed by atoms with E-state index in [2.05, 4.69) is 36.4 Å². The minimum Gasteiger partial charge on any atom is -0.224 e. The second-order valence-corrected chi connectivity index (χ2v) is 8.96. The Morgan fingerprint density at radius 3 is 1.10 bits per heavy atom. The molecule has 0 unspecified atom stereocenters. The maximum absolute atomic E-state index is 12.0. The lowest BCUT2D eigenvalue weighted by Gasteiger charge is -2.37. The molecule has 0 aliphatic rings. The van der Waals surface area contributed by atoms with Crippen molar-refractivity contribution in [3.8, 4) is 0 Å². The van der Waals surface area contributed by atoms with Gasteiger partial charge in [0, 0.05) is 54.8 Å². The summed E-state index contributed by atoms with van der Waals surface area (Å²) in [5.74, 6) is 0. The Morgan fingerprint density at radius 1 is 0.483 bits per heavy atom. The van der Waals surface area contributed by atoms with E-state index in [1.54, 1.807) is 12.1 Å². The average molecular weight is 401 g/mol. The largest absolute Gasteiger partial charge is 0.224 e. The number of quaternary nitrogens is 1. The van der Waals surface area contributed by atoms with E-state index in [0.717, 1.165) is 22.7 Å². The Hall–Kier alpha value is -3.21. The van der Waals surface area contributed by atoms with Crippen LogP contribution in [0.4, 0.5) is 22.7 Å². The first-order chi connectivity index (χ1) is 14.0. The van der Waals surface area contributed by atoms with Crippen LogP contribution in [0.15, 0.2) is 120 Å². The normalized spacial score (nSPS) is 11.9. The standard InChI is InChI=1S/C25H22NO2S/c1-29(27,28)25-19-17-24(18-20-25)26(21-11-5-2-6-12-21,22-13-7-3-8-14-22)23-15-9-4-10-16-23/h2-20H,1H3/q+1. The third-order valence-electron chi connectivity index (χ3n) is 5.08. The van der Waals surface area contributed by atoms with E-state index in [1.807, 2.05) is 66.7 Å². The number of sulfone groups is 1. The van der Waals surface area contributed by atoms with Gasteiger partial charge in [0.05, 0.1) is 4.90 Å². The maximum atomic E-state index is 12.0. The van der Waals surface area contributed by atoms with Gasteiger partial charge in [-0.25, -0.2) is 8.42 Å². The second kappa shape index (κ2) is 7.66. The molecule has 0 saturated heterocycles. The van der Waals surface area contributed by atoms with Crippen LogP contribution in [0.2, 0.25) is 0 Å². The fraction of sp³-hybridized carbons (Fsp3) is 0.0400. The smallest absolute Gasteiger partial charge is 0.175 e. The first-order valence-electron chi connectivity index (χ1n) is 9.39. The van der Waals surface area contributed by atoms with E-state index < -0.39 is 9.84 Å². The van der Waals surface area contributed by atoms with Gasteiger partial charge in [0.25, 0.3) is 0 Å². The van der Waals surface area contributed by atoms with Gasteiger partial charge in [-0.2, -0.15) is 4.48 Å². The van der Waals surface area contributed by atoms with E-state index in [1.165, 1.54) is 6.26 Å². The van der Waals surface area contributed by atoms with Crippen LogP contribution >= 0.6 is 0 Å². The highest BCUT2D eigenvalue weighted by molar-refractivity contribution is 7.90. The van der Waals surface area contributed by atoms with E-state index >= 15 is 0 Å². The molecule has 144 valence electrons. The van der Waals surface area contributed by atoms with Gasteiger partial charge in [-0.05, 0) is 12.1 Å².